The molecule has 0 amide bonds. The first kappa shape index (κ1) is 15.5. The Hall–Kier alpha value is -0.900. The minimum absolute atomic E-state index is 0.407. The lowest BCUT2D eigenvalue weighted by atomic mass is 10.0. The molecule has 0 aliphatic carbocycles. The van der Waals surface area contributed by atoms with Crippen LogP contribution in [0.2, 0.25) is 0 Å². The van der Waals surface area contributed by atoms with Gasteiger partial charge in [0.2, 0.25) is 0 Å². The number of hydrogen-bond donors (Lipinski definition) is 1. The van der Waals surface area contributed by atoms with Gasteiger partial charge in [-0.15, -0.1) is 0 Å². The summed E-state index contributed by atoms with van der Waals surface area (Å²) < 4.78 is 5.76. The molecule has 0 aromatic heterocycles. The van der Waals surface area contributed by atoms with Crippen molar-refractivity contribution in [2.45, 2.75) is 39.3 Å². The number of aryl methyl sites for hydroxylation is 1. The lowest BCUT2D eigenvalue weighted by Crippen LogP contribution is -2.45. The zero-order chi connectivity index (χ0) is 14.4. The first-order valence-electron chi connectivity index (χ1n) is 7.86. The van der Waals surface area contributed by atoms with Crippen LogP contribution in [0.5, 0.6) is 0 Å². The molecule has 1 aliphatic rings. The number of nitrogens with zero attached hydrogens (tertiary/aromatic N) is 1. The summed E-state index contributed by atoms with van der Waals surface area (Å²) in [5.41, 5.74) is 2.71. The molecule has 1 aromatic rings. The summed E-state index contributed by atoms with van der Waals surface area (Å²) in [5.74, 6) is 0. The predicted molar refractivity (Wildman–Crippen MR) is 84.1 cm³/mol. The van der Waals surface area contributed by atoms with Gasteiger partial charge in [-0.1, -0.05) is 43.7 Å². The minimum atomic E-state index is 0.407. The molecule has 2 atom stereocenters. The van der Waals surface area contributed by atoms with Crippen LogP contribution in [0.3, 0.4) is 0 Å². The van der Waals surface area contributed by atoms with E-state index in [1.165, 1.54) is 11.1 Å². The quantitative estimate of drug-likeness (QED) is 0.864. The molecule has 0 radical (unpaired) electrons. The van der Waals surface area contributed by atoms with Crippen molar-refractivity contribution in [3.63, 3.8) is 0 Å². The van der Waals surface area contributed by atoms with E-state index in [0.29, 0.717) is 12.1 Å². The van der Waals surface area contributed by atoms with E-state index in [1.807, 2.05) is 0 Å². The third kappa shape index (κ3) is 4.30. The standard InChI is InChI=1S/C17H28N2O/c1-4-16-12-19(10-11-20-16)13-17(18-5-2)15-8-6-14(3)7-9-15/h6-9,16-18H,4-5,10-13H2,1-3H3. The van der Waals surface area contributed by atoms with Crippen LogP contribution >= 0.6 is 0 Å². The highest BCUT2D eigenvalue weighted by molar-refractivity contribution is 5.24. The van der Waals surface area contributed by atoms with Crippen molar-refractivity contribution in [2.75, 3.05) is 32.8 Å². The molecule has 2 rings (SSSR count). The largest absolute Gasteiger partial charge is 0.376 e. The van der Waals surface area contributed by atoms with Gasteiger partial charge < -0.3 is 10.1 Å². The number of rotatable bonds is 6. The summed E-state index contributed by atoms with van der Waals surface area (Å²) in [4.78, 5) is 2.53. The first-order valence-corrected chi connectivity index (χ1v) is 7.86. The van der Waals surface area contributed by atoms with Crippen molar-refractivity contribution in [3.8, 4) is 0 Å². The van der Waals surface area contributed by atoms with Gasteiger partial charge >= 0.3 is 0 Å². The Bertz CT molecular complexity index is 390. The Morgan fingerprint density at radius 1 is 1.30 bits per heavy atom. The van der Waals surface area contributed by atoms with Gasteiger partial charge in [-0.25, -0.2) is 0 Å². The maximum absolute atomic E-state index is 5.76. The molecular formula is C17H28N2O. The summed E-state index contributed by atoms with van der Waals surface area (Å²) in [6.45, 7) is 11.6. The molecule has 3 nitrogen and oxygen atoms in total. The van der Waals surface area contributed by atoms with E-state index in [4.69, 9.17) is 4.74 Å². The lowest BCUT2D eigenvalue weighted by molar-refractivity contribution is -0.0322. The van der Waals surface area contributed by atoms with Crippen molar-refractivity contribution < 1.29 is 4.74 Å². The summed E-state index contributed by atoms with van der Waals surface area (Å²) in [5, 5.41) is 3.62. The fraction of sp³-hybridized carbons (Fsp3) is 0.647. The number of nitrogens with one attached hydrogen (secondary N) is 1. The summed E-state index contributed by atoms with van der Waals surface area (Å²) in [7, 11) is 0. The molecule has 112 valence electrons. The van der Waals surface area contributed by atoms with Crippen LogP contribution < -0.4 is 5.32 Å². The average molecular weight is 276 g/mol. The molecule has 0 saturated carbocycles. The van der Waals surface area contributed by atoms with Gasteiger partial charge in [-0.2, -0.15) is 0 Å². The van der Waals surface area contributed by atoms with E-state index in [-0.39, 0.29) is 0 Å². The Labute approximate surface area is 123 Å². The molecule has 2 unspecified atom stereocenters. The highest BCUT2D eigenvalue weighted by atomic mass is 16.5. The summed E-state index contributed by atoms with van der Waals surface area (Å²) in [6, 6.07) is 9.32. The van der Waals surface area contributed by atoms with Gasteiger partial charge in [-0.3, -0.25) is 4.90 Å². The maximum Gasteiger partial charge on any atom is 0.0700 e. The molecule has 1 N–H and O–H groups in total. The molecule has 1 fully saturated rings. The van der Waals surface area contributed by atoms with Gasteiger partial charge in [0.05, 0.1) is 12.7 Å². The summed E-state index contributed by atoms with van der Waals surface area (Å²) >= 11 is 0. The molecule has 0 spiro atoms. The molecule has 1 aliphatic heterocycles. The number of hydrogen-bond acceptors (Lipinski definition) is 3. The van der Waals surface area contributed by atoms with Gasteiger partial charge in [-0.05, 0) is 25.5 Å². The van der Waals surface area contributed by atoms with Crippen LogP contribution in [0.25, 0.3) is 0 Å². The van der Waals surface area contributed by atoms with E-state index >= 15 is 0 Å². The fourth-order valence-electron chi connectivity index (χ4n) is 2.78. The lowest BCUT2D eigenvalue weighted by Gasteiger charge is -2.35. The second kappa shape index (κ2) is 7.77. The van der Waals surface area contributed by atoms with E-state index in [0.717, 1.165) is 39.2 Å². The van der Waals surface area contributed by atoms with Crippen molar-refractivity contribution in [2.24, 2.45) is 0 Å². The van der Waals surface area contributed by atoms with Gasteiger partial charge in [0.25, 0.3) is 0 Å². The van der Waals surface area contributed by atoms with Gasteiger partial charge in [0.15, 0.2) is 0 Å². The smallest absolute Gasteiger partial charge is 0.0700 e. The van der Waals surface area contributed by atoms with Crippen LogP contribution in [0.15, 0.2) is 24.3 Å². The SMILES string of the molecule is CCNC(CN1CCOC(CC)C1)c1ccc(C)cc1. The Morgan fingerprint density at radius 3 is 2.70 bits per heavy atom. The third-order valence-corrected chi connectivity index (χ3v) is 4.05. The second-order valence-electron chi connectivity index (χ2n) is 5.68. The Balaban J connectivity index is 1.99. The molecule has 3 heteroatoms. The highest BCUT2D eigenvalue weighted by Gasteiger charge is 2.22. The monoisotopic (exact) mass is 276 g/mol. The topological polar surface area (TPSA) is 24.5 Å². The van der Waals surface area contributed by atoms with Crippen molar-refractivity contribution >= 4 is 0 Å². The minimum Gasteiger partial charge on any atom is -0.376 e. The van der Waals surface area contributed by atoms with Crippen LogP contribution in [-0.2, 0) is 4.74 Å². The van der Waals surface area contributed by atoms with Crippen molar-refractivity contribution in [3.05, 3.63) is 35.4 Å². The molecule has 1 saturated heterocycles. The first-order chi connectivity index (χ1) is 9.72. The molecular weight excluding hydrogens is 248 g/mol. The van der Waals surface area contributed by atoms with E-state index in [9.17, 15) is 0 Å². The van der Waals surface area contributed by atoms with Gasteiger partial charge in [0.1, 0.15) is 0 Å². The Kier molecular flexibility index (Phi) is 6.02. The molecule has 0 bridgehead atoms. The second-order valence-corrected chi connectivity index (χ2v) is 5.68. The van der Waals surface area contributed by atoms with E-state index in [1.54, 1.807) is 0 Å². The Morgan fingerprint density at radius 2 is 2.05 bits per heavy atom. The number of likely N-dealkylation sites (N-methyl/N-ethyl adjacent to an activating group) is 1. The van der Waals surface area contributed by atoms with Crippen LogP contribution in [-0.4, -0.2) is 43.8 Å². The zero-order valence-corrected chi connectivity index (χ0v) is 13.1. The average Bonchev–Trinajstić information content (AvgIpc) is 2.48. The van der Waals surface area contributed by atoms with Crippen LogP contribution in [0.4, 0.5) is 0 Å². The van der Waals surface area contributed by atoms with Gasteiger partial charge in [0, 0.05) is 25.7 Å². The normalized spacial score (nSPS) is 21.9. The van der Waals surface area contributed by atoms with Crippen molar-refractivity contribution in [1.29, 1.82) is 0 Å². The molecule has 1 aromatic carbocycles. The third-order valence-electron chi connectivity index (χ3n) is 4.05. The summed E-state index contributed by atoms with van der Waals surface area (Å²) in [6.07, 6.45) is 1.51. The molecule has 20 heavy (non-hydrogen) atoms. The van der Waals surface area contributed by atoms with Crippen molar-refractivity contribution in [1.82, 2.24) is 10.2 Å². The zero-order valence-electron chi connectivity index (χ0n) is 13.1. The van der Waals surface area contributed by atoms with E-state index < -0.39 is 0 Å². The highest BCUT2D eigenvalue weighted by Crippen LogP contribution is 2.17. The number of morpholine rings is 1. The number of ether oxygens (including phenoxy) is 1. The van der Waals surface area contributed by atoms with Crippen LogP contribution in [0.1, 0.15) is 37.4 Å². The number of benzene rings is 1. The molecule has 1 heterocycles. The fourth-order valence-corrected chi connectivity index (χ4v) is 2.78. The maximum atomic E-state index is 5.76. The predicted octanol–water partition coefficient (Wildman–Crippen LogP) is 2.76. The van der Waals surface area contributed by atoms with E-state index in [2.05, 4.69) is 55.3 Å². The van der Waals surface area contributed by atoms with Crippen LogP contribution in [0, 0.1) is 6.92 Å².